The number of aromatic nitrogens is 1. The molecular weight excluding hydrogens is 446 g/mol. The molecule has 1 aliphatic rings. The molecule has 2 heterocycles. The van der Waals surface area contributed by atoms with E-state index in [0.29, 0.717) is 13.0 Å². The molecule has 8 heteroatoms. The highest BCUT2D eigenvalue weighted by Gasteiger charge is 2.21. The number of amides is 1. The maximum atomic E-state index is 13.3. The van der Waals surface area contributed by atoms with Crippen molar-refractivity contribution in [1.82, 2.24) is 9.88 Å². The molecule has 0 unspecified atom stereocenters. The van der Waals surface area contributed by atoms with E-state index in [1.54, 1.807) is 18.4 Å². The van der Waals surface area contributed by atoms with Crippen LogP contribution in [0.2, 0.25) is 0 Å². The molecule has 3 aromatic rings. The number of halogens is 1. The number of carbonyl (C=O) groups is 1. The first-order valence-corrected chi connectivity index (χ1v) is 11.6. The maximum absolute atomic E-state index is 13.3. The van der Waals surface area contributed by atoms with Crippen LogP contribution in [0.25, 0.3) is 10.2 Å². The van der Waals surface area contributed by atoms with Gasteiger partial charge in [-0.15, -0.1) is 12.4 Å². The molecule has 1 fully saturated rings. The molecule has 1 aromatic heterocycles. The number of methoxy groups -OCH3 is 1. The van der Waals surface area contributed by atoms with Gasteiger partial charge in [0, 0.05) is 26.2 Å². The topological polar surface area (TPSA) is 54.9 Å². The van der Waals surface area contributed by atoms with Crippen LogP contribution in [0.1, 0.15) is 17.5 Å². The van der Waals surface area contributed by atoms with Crippen molar-refractivity contribution in [2.24, 2.45) is 0 Å². The molecule has 2 aromatic carbocycles. The van der Waals surface area contributed by atoms with Gasteiger partial charge in [-0.2, -0.15) is 0 Å². The Hall–Kier alpha value is -2.19. The smallest absolute Gasteiger partial charge is 0.233 e. The number of thiazole rings is 1. The van der Waals surface area contributed by atoms with Gasteiger partial charge < -0.3 is 9.47 Å². The highest BCUT2D eigenvalue weighted by atomic mass is 35.5. The number of para-hydroxylation sites is 1. The highest BCUT2D eigenvalue weighted by Crippen LogP contribution is 2.31. The van der Waals surface area contributed by atoms with Gasteiger partial charge in [-0.1, -0.05) is 35.6 Å². The molecule has 1 saturated heterocycles. The fraction of sp³-hybridized carbons (Fsp3) is 0.417. The number of morpholine rings is 1. The Bertz CT molecular complexity index is 1020. The van der Waals surface area contributed by atoms with Crippen LogP contribution in [-0.2, 0) is 16.0 Å². The summed E-state index contributed by atoms with van der Waals surface area (Å²) >= 11 is 1.59. The Labute approximate surface area is 199 Å². The van der Waals surface area contributed by atoms with Crippen molar-refractivity contribution in [3.8, 4) is 5.75 Å². The summed E-state index contributed by atoms with van der Waals surface area (Å²) in [7, 11) is 1.64. The second-order valence-electron chi connectivity index (χ2n) is 7.80. The van der Waals surface area contributed by atoms with Crippen molar-refractivity contribution in [1.29, 1.82) is 0 Å². The zero-order chi connectivity index (χ0) is 21.6. The van der Waals surface area contributed by atoms with Gasteiger partial charge in [0.2, 0.25) is 5.91 Å². The minimum absolute atomic E-state index is 0. The van der Waals surface area contributed by atoms with Gasteiger partial charge in [-0.25, -0.2) is 4.98 Å². The van der Waals surface area contributed by atoms with Crippen molar-refractivity contribution < 1.29 is 14.3 Å². The van der Waals surface area contributed by atoms with Gasteiger partial charge in [0.15, 0.2) is 5.13 Å². The lowest BCUT2D eigenvalue weighted by atomic mass is 10.1. The van der Waals surface area contributed by atoms with Gasteiger partial charge in [-0.05, 0) is 42.7 Å². The van der Waals surface area contributed by atoms with E-state index in [1.807, 2.05) is 35.2 Å². The van der Waals surface area contributed by atoms with Crippen molar-refractivity contribution in [3.05, 3.63) is 53.6 Å². The quantitative estimate of drug-likeness (QED) is 0.485. The predicted molar refractivity (Wildman–Crippen MR) is 133 cm³/mol. The average molecular weight is 476 g/mol. The van der Waals surface area contributed by atoms with Gasteiger partial charge in [-0.3, -0.25) is 14.6 Å². The molecule has 0 radical (unpaired) electrons. The largest absolute Gasteiger partial charge is 0.497 e. The molecule has 1 amide bonds. The number of hydrogen-bond donors (Lipinski definition) is 0. The van der Waals surface area contributed by atoms with Crippen LogP contribution in [0, 0.1) is 6.92 Å². The van der Waals surface area contributed by atoms with Crippen LogP contribution in [0.4, 0.5) is 5.13 Å². The molecule has 0 bridgehead atoms. The van der Waals surface area contributed by atoms with Gasteiger partial charge in [0.25, 0.3) is 0 Å². The molecule has 4 rings (SSSR count). The van der Waals surface area contributed by atoms with Gasteiger partial charge >= 0.3 is 0 Å². The zero-order valence-electron chi connectivity index (χ0n) is 18.6. The van der Waals surface area contributed by atoms with E-state index in [4.69, 9.17) is 14.5 Å². The first-order valence-electron chi connectivity index (χ1n) is 10.7. The van der Waals surface area contributed by atoms with Crippen LogP contribution < -0.4 is 9.64 Å². The summed E-state index contributed by atoms with van der Waals surface area (Å²) in [5, 5.41) is 0.782. The molecule has 1 aliphatic heterocycles. The van der Waals surface area contributed by atoms with Gasteiger partial charge in [0.1, 0.15) is 5.75 Å². The zero-order valence-corrected chi connectivity index (χ0v) is 20.2. The molecular formula is C24H30ClN3O3S. The molecule has 172 valence electrons. The third-order valence-electron chi connectivity index (χ3n) is 5.62. The summed E-state index contributed by atoms with van der Waals surface area (Å²) in [5.74, 6) is 0.865. The summed E-state index contributed by atoms with van der Waals surface area (Å²) in [4.78, 5) is 22.4. The fourth-order valence-electron chi connectivity index (χ4n) is 3.81. The normalized spacial score (nSPS) is 14.2. The Morgan fingerprint density at radius 2 is 1.94 bits per heavy atom. The van der Waals surface area contributed by atoms with Crippen molar-refractivity contribution in [3.63, 3.8) is 0 Å². The van der Waals surface area contributed by atoms with Crippen LogP contribution in [0.5, 0.6) is 5.75 Å². The van der Waals surface area contributed by atoms with Crippen molar-refractivity contribution in [2.45, 2.75) is 19.8 Å². The third kappa shape index (κ3) is 5.98. The number of hydrogen-bond acceptors (Lipinski definition) is 6. The van der Waals surface area contributed by atoms with Gasteiger partial charge in [0.05, 0.1) is 37.0 Å². The second-order valence-corrected chi connectivity index (χ2v) is 8.80. The molecule has 0 aliphatic carbocycles. The second kappa shape index (κ2) is 11.6. The van der Waals surface area contributed by atoms with E-state index in [9.17, 15) is 4.79 Å². The summed E-state index contributed by atoms with van der Waals surface area (Å²) in [6.07, 6.45) is 1.25. The summed E-state index contributed by atoms with van der Waals surface area (Å²) < 4.78 is 11.8. The minimum atomic E-state index is 0. The summed E-state index contributed by atoms with van der Waals surface area (Å²) in [6.45, 7) is 7.17. The number of aryl methyl sites for hydroxylation is 1. The predicted octanol–water partition coefficient (Wildman–Crippen LogP) is 4.33. The maximum Gasteiger partial charge on any atom is 0.233 e. The van der Waals surface area contributed by atoms with E-state index in [-0.39, 0.29) is 18.3 Å². The standard InChI is InChI=1S/C24H29N3O3S.ClH/c1-18-5-3-6-21-23(18)25-24(31-21)27(12-4-11-26-13-15-30-16-14-26)22(28)17-19-7-9-20(29-2)10-8-19;/h3,5-10H,4,11-17H2,1-2H3;1H. The highest BCUT2D eigenvalue weighted by molar-refractivity contribution is 7.22. The van der Waals surface area contributed by atoms with E-state index in [0.717, 1.165) is 71.5 Å². The first-order chi connectivity index (χ1) is 15.1. The fourth-order valence-corrected chi connectivity index (χ4v) is 4.89. The Kier molecular flexibility index (Phi) is 8.87. The van der Waals surface area contributed by atoms with Crippen molar-refractivity contribution in [2.75, 3.05) is 51.4 Å². The number of benzene rings is 2. The van der Waals surface area contributed by atoms with E-state index in [2.05, 4.69) is 24.0 Å². The lowest BCUT2D eigenvalue weighted by Gasteiger charge is -2.27. The molecule has 0 N–H and O–H groups in total. The minimum Gasteiger partial charge on any atom is -0.497 e. The molecule has 6 nitrogen and oxygen atoms in total. The number of rotatable bonds is 8. The molecule has 32 heavy (non-hydrogen) atoms. The number of ether oxygens (including phenoxy) is 2. The Balaban J connectivity index is 0.00000289. The molecule has 0 atom stereocenters. The van der Waals surface area contributed by atoms with Crippen LogP contribution >= 0.6 is 23.7 Å². The number of nitrogens with zero attached hydrogens (tertiary/aromatic N) is 3. The van der Waals surface area contributed by atoms with E-state index >= 15 is 0 Å². The van der Waals surface area contributed by atoms with E-state index < -0.39 is 0 Å². The number of anilines is 1. The lowest BCUT2D eigenvalue weighted by molar-refractivity contribution is -0.118. The monoisotopic (exact) mass is 475 g/mol. The first kappa shape index (κ1) is 24.5. The molecule has 0 spiro atoms. The van der Waals surface area contributed by atoms with E-state index in [1.165, 1.54) is 0 Å². The Morgan fingerprint density at radius 3 is 2.62 bits per heavy atom. The number of fused-ring (bicyclic) bond motifs is 1. The molecule has 0 saturated carbocycles. The summed E-state index contributed by atoms with van der Waals surface area (Å²) in [5.41, 5.74) is 3.09. The summed E-state index contributed by atoms with van der Waals surface area (Å²) in [6, 6.07) is 13.9. The Morgan fingerprint density at radius 1 is 1.19 bits per heavy atom. The van der Waals surface area contributed by atoms with Crippen LogP contribution in [0.15, 0.2) is 42.5 Å². The average Bonchev–Trinajstić information content (AvgIpc) is 3.23. The SMILES string of the molecule is COc1ccc(CC(=O)N(CCCN2CCOCC2)c2nc3c(C)cccc3s2)cc1.Cl. The lowest BCUT2D eigenvalue weighted by Crippen LogP contribution is -2.39. The van der Waals surface area contributed by atoms with Crippen molar-refractivity contribution >= 4 is 45.0 Å². The third-order valence-corrected chi connectivity index (χ3v) is 6.66. The number of carbonyl (C=O) groups excluding carboxylic acids is 1. The van der Waals surface area contributed by atoms with Crippen LogP contribution in [0.3, 0.4) is 0 Å². The van der Waals surface area contributed by atoms with Crippen LogP contribution in [-0.4, -0.2) is 62.3 Å².